The van der Waals surface area contributed by atoms with Crippen LogP contribution in [0.4, 0.5) is 0 Å². The number of nitrogens with zero attached hydrogens (tertiary/aromatic N) is 4. The van der Waals surface area contributed by atoms with Crippen molar-refractivity contribution in [2.45, 2.75) is 64.1 Å². The first kappa shape index (κ1) is 17.1. The molecule has 4 rings (SSSR count). The van der Waals surface area contributed by atoms with E-state index >= 15 is 0 Å². The van der Waals surface area contributed by atoms with Gasteiger partial charge < -0.3 is 14.2 Å². The lowest BCUT2D eigenvalue weighted by Crippen LogP contribution is -2.40. The molecular formula is C20H26N4O2. The van der Waals surface area contributed by atoms with E-state index in [1.54, 1.807) is 0 Å². The van der Waals surface area contributed by atoms with Gasteiger partial charge in [-0.15, -0.1) is 10.2 Å². The normalized spacial score (nSPS) is 21.1. The second kappa shape index (κ2) is 7.48. The molecule has 6 nitrogen and oxygen atoms in total. The summed E-state index contributed by atoms with van der Waals surface area (Å²) in [4.78, 5) is 15.0. The Bertz CT molecular complexity index is 758. The number of aromatic nitrogens is 3. The van der Waals surface area contributed by atoms with Crippen LogP contribution in [-0.4, -0.2) is 38.2 Å². The summed E-state index contributed by atoms with van der Waals surface area (Å²) in [5.74, 6) is 2.79. The molecule has 0 bridgehead atoms. The maximum absolute atomic E-state index is 13.0. The molecule has 2 aromatic rings. The molecule has 2 aliphatic heterocycles. The Kier molecular flexibility index (Phi) is 4.91. The van der Waals surface area contributed by atoms with Gasteiger partial charge in [-0.25, -0.2) is 0 Å². The molecule has 1 amide bonds. The Balaban J connectivity index is 1.51. The van der Waals surface area contributed by atoms with E-state index in [1.807, 2.05) is 42.2 Å². The highest BCUT2D eigenvalue weighted by Crippen LogP contribution is 2.33. The first-order valence-corrected chi connectivity index (χ1v) is 9.68. The Morgan fingerprint density at radius 1 is 1.12 bits per heavy atom. The molecule has 1 saturated heterocycles. The van der Waals surface area contributed by atoms with Crippen LogP contribution in [0.2, 0.25) is 0 Å². The Labute approximate surface area is 154 Å². The number of carbonyl (C=O) groups is 1. The van der Waals surface area contributed by atoms with Gasteiger partial charge in [-0.3, -0.25) is 4.79 Å². The van der Waals surface area contributed by atoms with E-state index in [0.29, 0.717) is 0 Å². The van der Waals surface area contributed by atoms with E-state index in [2.05, 4.69) is 14.8 Å². The second-order valence-corrected chi connectivity index (χ2v) is 7.20. The average molecular weight is 354 g/mol. The van der Waals surface area contributed by atoms with Gasteiger partial charge in [-0.05, 0) is 44.7 Å². The van der Waals surface area contributed by atoms with Crippen molar-refractivity contribution in [1.82, 2.24) is 19.7 Å². The van der Waals surface area contributed by atoms with Crippen molar-refractivity contribution < 1.29 is 9.53 Å². The summed E-state index contributed by atoms with van der Waals surface area (Å²) in [6, 6.07) is 9.54. The van der Waals surface area contributed by atoms with E-state index < -0.39 is 6.10 Å². The molecule has 6 heteroatoms. The van der Waals surface area contributed by atoms with Gasteiger partial charge in [-0.1, -0.05) is 24.6 Å². The van der Waals surface area contributed by atoms with Crippen LogP contribution in [-0.2, 0) is 17.8 Å². The fraction of sp³-hybridized carbons (Fsp3) is 0.550. The number of rotatable bonds is 4. The van der Waals surface area contributed by atoms with E-state index in [9.17, 15) is 4.79 Å². The molecule has 138 valence electrons. The summed E-state index contributed by atoms with van der Waals surface area (Å²) < 4.78 is 8.11. The first-order valence-electron chi connectivity index (χ1n) is 9.68. The molecule has 3 heterocycles. The number of ether oxygens (including phenoxy) is 1. The van der Waals surface area contributed by atoms with Crippen LogP contribution < -0.4 is 4.74 Å². The molecule has 2 atom stereocenters. The van der Waals surface area contributed by atoms with E-state index in [4.69, 9.17) is 4.74 Å². The number of hydrogen-bond acceptors (Lipinski definition) is 4. The molecule has 0 radical (unpaired) electrons. The lowest BCUT2D eigenvalue weighted by atomic mass is 10.2. The zero-order valence-corrected chi connectivity index (χ0v) is 15.3. The third kappa shape index (κ3) is 3.32. The van der Waals surface area contributed by atoms with Crippen LogP contribution in [0.3, 0.4) is 0 Å². The van der Waals surface area contributed by atoms with Crippen molar-refractivity contribution in [3.8, 4) is 5.75 Å². The largest absolute Gasteiger partial charge is 0.481 e. The Morgan fingerprint density at radius 3 is 2.81 bits per heavy atom. The predicted octanol–water partition coefficient (Wildman–Crippen LogP) is 3.14. The highest BCUT2D eigenvalue weighted by Gasteiger charge is 2.36. The summed E-state index contributed by atoms with van der Waals surface area (Å²) in [7, 11) is 0. The highest BCUT2D eigenvalue weighted by atomic mass is 16.5. The van der Waals surface area contributed by atoms with E-state index in [0.717, 1.165) is 56.2 Å². The molecule has 0 spiro atoms. The smallest absolute Gasteiger partial charge is 0.263 e. The molecule has 2 aliphatic rings. The van der Waals surface area contributed by atoms with Crippen molar-refractivity contribution in [2.75, 3.05) is 6.54 Å². The van der Waals surface area contributed by atoms with Crippen LogP contribution in [0.25, 0.3) is 0 Å². The summed E-state index contributed by atoms with van der Waals surface area (Å²) in [6.45, 7) is 3.55. The van der Waals surface area contributed by atoms with E-state index in [-0.39, 0.29) is 11.9 Å². The molecule has 1 aromatic carbocycles. The number of hydrogen-bond donors (Lipinski definition) is 0. The number of carbonyl (C=O) groups excluding carboxylic acids is 1. The molecule has 0 saturated carbocycles. The van der Waals surface area contributed by atoms with Crippen LogP contribution in [0.1, 0.15) is 56.7 Å². The first-order chi connectivity index (χ1) is 12.7. The van der Waals surface area contributed by atoms with Gasteiger partial charge in [0, 0.05) is 19.5 Å². The lowest BCUT2D eigenvalue weighted by molar-refractivity contribution is -0.139. The molecule has 1 fully saturated rings. The minimum Gasteiger partial charge on any atom is -0.481 e. The van der Waals surface area contributed by atoms with Crippen molar-refractivity contribution in [2.24, 2.45) is 0 Å². The molecule has 0 aliphatic carbocycles. The lowest BCUT2D eigenvalue weighted by Gasteiger charge is -2.27. The molecule has 1 aromatic heterocycles. The van der Waals surface area contributed by atoms with E-state index in [1.165, 1.54) is 12.8 Å². The molecular weight excluding hydrogens is 328 g/mol. The zero-order chi connectivity index (χ0) is 17.9. The van der Waals surface area contributed by atoms with Gasteiger partial charge in [0.15, 0.2) is 11.9 Å². The molecule has 26 heavy (non-hydrogen) atoms. The number of aryl methyl sites for hydroxylation is 1. The monoisotopic (exact) mass is 354 g/mol. The van der Waals surface area contributed by atoms with Crippen molar-refractivity contribution in [3.05, 3.63) is 42.0 Å². The Morgan fingerprint density at radius 2 is 1.96 bits per heavy atom. The molecule has 0 N–H and O–H groups in total. The van der Waals surface area contributed by atoms with Gasteiger partial charge in [0.2, 0.25) is 0 Å². The zero-order valence-electron chi connectivity index (χ0n) is 15.3. The summed E-state index contributed by atoms with van der Waals surface area (Å²) in [5, 5.41) is 8.89. The summed E-state index contributed by atoms with van der Waals surface area (Å²) in [5.41, 5.74) is 0. The molecule has 2 unspecified atom stereocenters. The minimum atomic E-state index is -0.510. The van der Waals surface area contributed by atoms with Crippen molar-refractivity contribution in [1.29, 1.82) is 0 Å². The predicted molar refractivity (Wildman–Crippen MR) is 97.8 cm³/mol. The topological polar surface area (TPSA) is 60.2 Å². The van der Waals surface area contributed by atoms with Gasteiger partial charge in [0.05, 0.1) is 6.04 Å². The van der Waals surface area contributed by atoms with Crippen LogP contribution in [0.5, 0.6) is 5.75 Å². The SMILES string of the molecule is CC(Oc1ccccc1)C(=O)N1CCCC1c1nnc2n1CCCCC2. The maximum Gasteiger partial charge on any atom is 0.263 e. The Hall–Kier alpha value is -2.37. The average Bonchev–Trinajstić information content (AvgIpc) is 3.22. The van der Waals surface area contributed by atoms with Gasteiger partial charge in [0.1, 0.15) is 11.6 Å². The van der Waals surface area contributed by atoms with Crippen molar-refractivity contribution in [3.63, 3.8) is 0 Å². The number of para-hydroxylation sites is 1. The van der Waals surface area contributed by atoms with Gasteiger partial charge in [0.25, 0.3) is 5.91 Å². The van der Waals surface area contributed by atoms with Crippen LogP contribution >= 0.6 is 0 Å². The van der Waals surface area contributed by atoms with Crippen molar-refractivity contribution >= 4 is 5.91 Å². The summed E-state index contributed by atoms with van der Waals surface area (Å²) in [6.07, 6.45) is 5.99. The van der Waals surface area contributed by atoms with Crippen LogP contribution in [0.15, 0.2) is 30.3 Å². The fourth-order valence-corrected chi connectivity index (χ4v) is 4.04. The van der Waals surface area contributed by atoms with Crippen LogP contribution in [0, 0.1) is 0 Å². The third-order valence-electron chi connectivity index (χ3n) is 5.38. The standard InChI is InChI=1S/C20H26N4O2/c1-15(26-16-9-4-2-5-10-16)20(25)23-14-8-11-17(23)19-22-21-18-12-6-3-7-13-24(18)19/h2,4-5,9-10,15,17H,3,6-8,11-14H2,1H3. The number of amides is 1. The fourth-order valence-electron chi connectivity index (χ4n) is 4.04. The van der Waals surface area contributed by atoms with Gasteiger partial charge >= 0.3 is 0 Å². The number of fused-ring (bicyclic) bond motifs is 1. The second-order valence-electron chi connectivity index (χ2n) is 7.20. The third-order valence-corrected chi connectivity index (χ3v) is 5.38. The quantitative estimate of drug-likeness (QED) is 0.846. The highest BCUT2D eigenvalue weighted by molar-refractivity contribution is 5.81. The summed E-state index contributed by atoms with van der Waals surface area (Å²) >= 11 is 0. The number of likely N-dealkylation sites (tertiary alicyclic amines) is 1. The number of benzene rings is 1. The maximum atomic E-state index is 13.0. The minimum absolute atomic E-state index is 0.0173. The van der Waals surface area contributed by atoms with Gasteiger partial charge in [-0.2, -0.15) is 0 Å².